The molecule has 0 aliphatic carbocycles. The average Bonchev–Trinajstić information content (AvgIpc) is 2.53. The molecule has 0 atom stereocenters. The predicted octanol–water partition coefficient (Wildman–Crippen LogP) is 0.696. The summed E-state index contributed by atoms with van der Waals surface area (Å²) < 4.78 is 5.90. The summed E-state index contributed by atoms with van der Waals surface area (Å²) in [5.74, 6) is 7.48. The van der Waals surface area contributed by atoms with E-state index in [-0.39, 0.29) is 29.8 Å². The smallest absolute Gasteiger partial charge is 0.146 e. The third-order valence-corrected chi connectivity index (χ3v) is 3.91. The van der Waals surface area contributed by atoms with Crippen LogP contribution in [0.15, 0.2) is 28.5 Å². The van der Waals surface area contributed by atoms with Gasteiger partial charge in [-0.05, 0) is 41.4 Å². The molecular formula is C15H23BrN8O. The van der Waals surface area contributed by atoms with Crippen molar-refractivity contribution in [2.75, 3.05) is 17.4 Å². The normalized spacial score (nSPS) is 14.2. The summed E-state index contributed by atoms with van der Waals surface area (Å²) in [6.45, 7) is 4.31. The number of nitrogens with two attached hydrogens (primary N) is 4. The minimum atomic E-state index is -0.0795. The molecule has 0 bridgehead atoms. The van der Waals surface area contributed by atoms with Crippen molar-refractivity contribution in [3.8, 4) is 5.75 Å². The van der Waals surface area contributed by atoms with Gasteiger partial charge in [0.15, 0.2) is 0 Å². The minimum Gasteiger partial charge on any atom is -0.489 e. The van der Waals surface area contributed by atoms with E-state index in [0.717, 1.165) is 5.56 Å². The van der Waals surface area contributed by atoms with Crippen LogP contribution in [0.25, 0.3) is 0 Å². The molecule has 1 aromatic rings. The van der Waals surface area contributed by atoms with Crippen LogP contribution in [-0.4, -0.2) is 23.2 Å². The monoisotopic (exact) mass is 410 g/mol. The highest BCUT2D eigenvalue weighted by Gasteiger charge is 2.25. The number of amidine groups is 1. The molecule has 0 radical (unpaired) electrons. The first-order valence-corrected chi connectivity index (χ1v) is 8.42. The molecule has 9 nitrogen and oxygen atoms in total. The van der Waals surface area contributed by atoms with E-state index in [1.165, 1.54) is 5.01 Å². The van der Waals surface area contributed by atoms with Crippen molar-refractivity contribution in [3.63, 3.8) is 0 Å². The molecule has 1 aliphatic heterocycles. The van der Waals surface area contributed by atoms with E-state index >= 15 is 0 Å². The maximum absolute atomic E-state index is 7.89. The zero-order chi connectivity index (χ0) is 18.7. The highest BCUT2D eigenvalue weighted by Crippen LogP contribution is 2.35. The van der Waals surface area contributed by atoms with Crippen molar-refractivity contribution in [2.24, 2.45) is 22.3 Å². The molecule has 0 spiro atoms. The molecule has 25 heavy (non-hydrogen) atoms. The largest absolute Gasteiger partial charge is 0.489 e. The van der Waals surface area contributed by atoms with Gasteiger partial charge in [0.25, 0.3) is 0 Å². The zero-order valence-electron chi connectivity index (χ0n) is 14.1. The summed E-state index contributed by atoms with van der Waals surface area (Å²) in [6.07, 6.45) is -0.0795. The highest BCUT2D eigenvalue weighted by atomic mass is 79.9. The van der Waals surface area contributed by atoms with E-state index in [0.29, 0.717) is 28.5 Å². The summed E-state index contributed by atoms with van der Waals surface area (Å²) in [7, 11) is 0. The Labute approximate surface area is 154 Å². The molecule has 1 aromatic carbocycles. The summed E-state index contributed by atoms with van der Waals surface area (Å²) in [6, 6.07) is 3.45. The van der Waals surface area contributed by atoms with Crippen LogP contribution in [0.1, 0.15) is 19.4 Å². The van der Waals surface area contributed by atoms with E-state index in [4.69, 9.17) is 33.2 Å². The molecule has 0 saturated carbocycles. The van der Waals surface area contributed by atoms with Gasteiger partial charge in [0.05, 0.1) is 11.7 Å². The fourth-order valence-corrected chi connectivity index (χ4v) is 2.76. The Bertz CT molecular complexity index is 743. The number of halogens is 1. The number of hydrogen-bond acceptors (Lipinski definition) is 9. The molecule has 0 unspecified atom stereocenters. The van der Waals surface area contributed by atoms with Crippen LogP contribution in [0.4, 0.5) is 11.4 Å². The number of hydrazine groups is 1. The minimum absolute atomic E-state index is 0.0622. The van der Waals surface area contributed by atoms with Gasteiger partial charge in [0.2, 0.25) is 0 Å². The Morgan fingerprint density at radius 2 is 2.12 bits per heavy atom. The summed E-state index contributed by atoms with van der Waals surface area (Å²) in [4.78, 5) is 4.08. The molecule has 0 fully saturated rings. The fourth-order valence-electron chi connectivity index (χ4n) is 2.37. The number of aliphatic imine (C=N–C) groups is 1. The lowest BCUT2D eigenvalue weighted by atomic mass is 10.1. The number of ether oxygens (including phenoxy) is 1. The Kier molecular flexibility index (Phi) is 5.88. The van der Waals surface area contributed by atoms with Crippen molar-refractivity contribution >= 4 is 37.8 Å². The highest BCUT2D eigenvalue weighted by molar-refractivity contribution is 9.18. The van der Waals surface area contributed by atoms with E-state index in [2.05, 4.69) is 26.2 Å². The van der Waals surface area contributed by atoms with E-state index in [1.807, 2.05) is 13.8 Å². The SMILES string of the molecule is CC(C)Oc1cc(N)c(CN)cc1N(N)C1=C(C(=N)Br)C(N)=NCN1. The first-order valence-electron chi connectivity index (χ1n) is 7.63. The predicted molar refractivity (Wildman–Crippen MR) is 104 cm³/mol. The van der Waals surface area contributed by atoms with Crippen LogP contribution in [0.5, 0.6) is 5.75 Å². The van der Waals surface area contributed by atoms with Gasteiger partial charge in [0, 0.05) is 18.3 Å². The van der Waals surface area contributed by atoms with Gasteiger partial charge >= 0.3 is 0 Å². The van der Waals surface area contributed by atoms with Gasteiger partial charge < -0.3 is 27.3 Å². The average molecular weight is 411 g/mol. The van der Waals surface area contributed by atoms with Crippen LogP contribution in [0.2, 0.25) is 0 Å². The van der Waals surface area contributed by atoms with Crippen LogP contribution < -0.4 is 38.1 Å². The summed E-state index contributed by atoms with van der Waals surface area (Å²) in [5, 5.41) is 12.3. The zero-order valence-corrected chi connectivity index (χ0v) is 15.7. The van der Waals surface area contributed by atoms with Gasteiger partial charge in [-0.1, -0.05) is 0 Å². The van der Waals surface area contributed by atoms with Gasteiger partial charge in [0.1, 0.15) is 34.4 Å². The molecular weight excluding hydrogens is 388 g/mol. The van der Waals surface area contributed by atoms with E-state index in [1.54, 1.807) is 12.1 Å². The quantitative estimate of drug-likeness (QED) is 0.173. The summed E-state index contributed by atoms with van der Waals surface area (Å²) in [5.41, 5.74) is 19.9. The van der Waals surface area contributed by atoms with Gasteiger partial charge in [-0.15, -0.1) is 0 Å². The molecule has 2 rings (SSSR count). The van der Waals surface area contributed by atoms with Crippen LogP contribution in [0, 0.1) is 5.41 Å². The van der Waals surface area contributed by atoms with Gasteiger partial charge in [-0.3, -0.25) is 10.4 Å². The number of nitrogen functional groups attached to an aromatic ring is 1. The second kappa shape index (κ2) is 7.72. The lowest BCUT2D eigenvalue weighted by Gasteiger charge is -2.30. The van der Waals surface area contributed by atoms with Crippen LogP contribution in [0.3, 0.4) is 0 Å². The third-order valence-electron chi connectivity index (χ3n) is 3.51. The van der Waals surface area contributed by atoms with Crippen molar-refractivity contribution in [2.45, 2.75) is 26.5 Å². The Balaban J connectivity index is 2.60. The molecule has 0 saturated heterocycles. The van der Waals surface area contributed by atoms with E-state index in [9.17, 15) is 0 Å². The second-order valence-corrected chi connectivity index (χ2v) is 6.47. The number of benzene rings is 1. The maximum atomic E-state index is 7.89. The number of rotatable bonds is 6. The first kappa shape index (κ1) is 19.0. The molecule has 10 heteroatoms. The lowest BCUT2D eigenvalue weighted by molar-refractivity contribution is 0.243. The van der Waals surface area contributed by atoms with Crippen molar-refractivity contribution in [1.29, 1.82) is 5.41 Å². The number of nitrogens with one attached hydrogen (secondary N) is 2. The van der Waals surface area contributed by atoms with Gasteiger partial charge in [-0.2, -0.15) is 0 Å². The topological polar surface area (TPSA) is 165 Å². The third kappa shape index (κ3) is 4.03. The Hall–Kier alpha value is -2.30. The number of anilines is 2. The fraction of sp³-hybridized carbons (Fsp3) is 0.333. The van der Waals surface area contributed by atoms with Crippen molar-refractivity contribution < 1.29 is 4.74 Å². The first-order chi connectivity index (χ1) is 11.8. The Morgan fingerprint density at radius 1 is 1.44 bits per heavy atom. The van der Waals surface area contributed by atoms with Crippen molar-refractivity contribution in [1.82, 2.24) is 5.32 Å². The molecule has 1 heterocycles. The maximum Gasteiger partial charge on any atom is 0.146 e. The number of hydrogen-bond donors (Lipinski definition) is 6. The molecule has 1 aliphatic rings. The molecule has 0 aromatic heterocycles. The molecule has 136 valence electrons. The Morgan fingerprint density at radius 3 is 2.68 bits per heavy atom. The summed E-state index contributed by atoms with van der Waals surface area (Å²) >= 11 is 3.13. The lowest BCUT2D eigenvalue weighted by Crippen LogP contribution is -2.44. The second-order valence-electron chi connectivity index (χ2n) is 5.68. The molecule has 0 amide bonds. The van der Waals surface area contributed by atoms with E-state index < -0.39 is 0 Å². The van der Waals surface area contributed by atoms with Gasteiger partial charge in [-0.25, -0.2) is 10.8 Å². The van der Waals surface area contributed by atoms with Crippen LogP contribution in [-0.2, 0) is 6.54 Å². The molecule has 10 N–H and O–H groups in total. The number of nitrogens with zero attached hydrogens (tertiary/aromatic N) is 2. The van der Waals surface area contributed by atoms with Crippen LogP contribution >= 0.6 is 15.9 Å². The standard InChI is InChI=1S/C15H23BrN8O/c1-7(2)25-11-4-9(18)8(5-17)3-10(11)24(21)15-12(13(16)19)14(20)22-6-23-15/h3-4,7,19,23H,5-6,17-18,21H2,1-2H3,(H2,20,22). The van der Waals surface area contributed by atoms with Crippen molar-refractivity contribution in [3.05, 3.63) is 29.1 Å².